The van der Waals surface area contributed by atoms with E-state index >= 15 is 0 Å². The number of rotatable bonds is 4. The predicted molar refractivity (Wildman–Crippen MR) is 62.7 cm³/mol. The monoisotopic (exact) mass is 224 g/mol. The van der Waals surface area contributed by atoms with Crippen molar-refractivity contribution in [1.29, 1.82) is 0 Å². The first-order valence-corrected chi connectivity index (χ1v) is 5.37. The molecular formula is C12H17FN2O. The Bertz CT molecular complexity index is 359. The summed E-state index contributed by atoms with van der Waals surface area (Å²) in [7, 11) is 0. The Kier molecular flexibility index (Phi) is 4.43. The number of benzene rings is 1. The number of anilines is 1. The summed E-state index contributed by atoms with van der Waals surface area (Å²) >= 11 is 0. The van der Waals surface area contributed by atoms with Gasteiger partial charge in [-0.2, -0.15) is 0 Å². The van der Waals surface area contributed by atoms with Crippen LogP contribution in [0.5, 0.6) is 0 Å². The highest BCUT2D eigenvalue weighted by Crippen LogP contribution is 2.18. The number of hydrogen-bond donors (Lipinski definition) is 2. The minimum absolute atomic E-state index is 0.221. The van der Waals surface area contributed by atoms with Gasteiger partial charge in [-0.3, -0.25) is 4.79 Å². The highest BCUT2D eigenvalue weighted by atomic mass is 19.1. The molecule has 3 nitrogen and oxygen atoms in total. The summed E-state index contributed by atoms with van der Waals surface area (Å²) in [6, 6.07) is 4.08. The SMILES string of the molecule is CCCC(N)C(=O)Nc1c(C)cccc1F. The highest BCUT2D eigenvalue weighted by molar-refractivity contribution is 5.95. The topological polar surface area (TPSA) is 55.1 Å². The summed E-state index contributed by atoms with van der Waals surface area (Å²) in [5.74, 6) is -0.771. The van der Waals surface area contributed by atoms with Crippen molar-refractivity contribution in [3.8, 4) is 0 Å². The molecule has 0 saturated heterocycles. The van der Waals surface area contributed by atoms with Crippen LogP contribution < -0.4 is 11.1 Å². The van der Waals surface area contributed by atoms with E-state index in [9.17, 15) is 9.18 Å². The lowest BCUT2D eigenvalue weighted by Gasteiger charge is -2.13. The van der Waals surface area contributed by atoms with Gasteiger partial charge in [-0.05, 0) is 25.0 Å². The molecule has 0 aliphatic carbocycles. The second kappa shape index (κ2) is 5.61. The summed E-state index contributed by atoms with van der Waals surface area (Å²) in [5, 5.41) is 2.52. The van der Waals surface area contributed by atoms with Crippen LogP contribution >= 0.6 is 0 Å². The lowest BCUT2D eigenvalue weighted by molar-refractivity contribution is -0.117. The summed E-state index contributed by atoms with van der Waals surface area (Å²) in [5.41, 5.74) is 6.55. The van der Waals surface area contributed by atoms with Crippen molar-refractivity contribution in [2.45, 2.75) is 32.7 Å². The molecule has 1 atom stereocenters. The van der Waals surface area contributed by atoms with Crippen LogP contribution in [-0.2, 0) is 4.79 Å². The zero-order valence-corrected chi connectivity index (χ0v) is 9.59. The van der Waals surface area contributed by atoms with Crippen LogP contribution in [0.2, 0.25) is 0 Å². The quantitative estimate of drug-likeness (QED) is 0.823. The van der Waals surface area contributed by atoms with E-state index in [1.54, 1.807) is 19.1 Å². The van der Waals surface area contributed by atoms with E-state index in [-0.39, 0.29) is 11.6 Å². The van der Waals surface area contributed by atoms with Gasteiger partial charge in [0.2, 0.25) is 5.91 Å². The molecule has 1 unspecified atom stereocenters. The van der Waals surface area contributed by atoms with Gasteiger partial charge in [0, 0.05) is 0 Å². The van der Waals surface area contributed by atoms with Crippen LogP contribution in [0.25, 0.3) is 0 Å². The van der Waals surface area contributed by atoms with E-state index < -0.39 is 11.9 Å². The van der Waals surface area contributed by atoms with Crippen molar-refractivity contribution >= 4 is 11.6 Å². The second-order valence-corrected chi connectivity index (χ2v) is 3.82. The van der Waals surface area contributed by atoms with E-state index in [1.165, 1.54) is 6.07 Å². The third-order valence-corrected chi connectivity index (χ3v) is 2.41. The molecule has 0 fully saturated rings. The molecule has 0 saturated carbocycles. The van der Waals surface area contributed by atoms with Crippen LogP contribution in [-0.4, -0.2) is 11.9 Å². The highest BCUT2D eigenvalue weighted by Gasteiger charge is 2.15. The van der Waals surface area contributed by atoms with E-state index in [4.69, 9.17) is 5.73 Å². The number of carbonyl (C=O) groups is 1. The molecular weight excluding hydrogens is 207 g/mol. The van der Waals surface area contributed by atoms with Crippen LogP contribution in [0.15, 0.2) is 18.2 Å². The lowest BCUT2D eigenvalue weighted by atomic mass is 10.1. The number of hydrogen-bond acceptors (Lipinski definition) is 2. The number of amides is 1. The van der Waals surface area contributed by atoms with Gasteiger partial charge in [0.25, 0.3) is 0 Å². The van der Waals surface area contributed by atoms with Crippen molar-refractivity contribution in [2.24, 2.45) is 5.73 Å². The summed E-state index contributed by atoms with van der Waals surface area (Å²) in [4.78, 5) is 11.6. The standard InChI is InChI=1S/C12H17FN2O/c1-3-5-10(14)12(16)15-11-8(2)6-4-7-9(11)13/h4,6-7,10H,3,5,14H2,1-2H3,(H,15,16). The molecule has 88 valence electrons. The average molecular weight is 224 g/mol. The fourth-order valence-corrected chi connectivity index (χ4v) is 1.45. The van der Waals surface area contributed by atoms with Crippen molar-refractivity contribution in [1.82, 2.24) is 0 Å². The molecule has 16 heavy (non-hydrogen) atoms. The minimum Gasteiger partial charge on any atom is -0.322 e. The van der Waals surface area contributed by atoms with Gasteiger partial charge >= 0.3 is 0 Å². The largest absolute Gasteiger partial charge is 0.322 e. The molecule has 0 heterocycles. The fraction of sp³-hybridized carbons (Fsp3) is 0.417. The van der Waals surface area contributed by atoms with Crippen LogP contribution in [0.1, 0.15) is 25.3 Å². The number of halogens is 1. The fourth-order valence-electron chi connectivity index (χ4n) is 1.45. The van der Waals surface area contributed by atoms with Crippen LogP contribution in [0, 0.1) is 12.7 Å². The van der Waals surface area contributed by atoms with Gasteiger partial charge in [-0.1, -0.05) is 25.5 Å². The molecule has 0 bridgehead atoms. The first kappa shape index (κ1) is 12.6. The zero-order chi connectivity index (χ0) is 12.1. The Morgan fingerprint density at radius 1 is 1.56 bits per heavy atom. The molecule has 0 aliphatic rings. The summed E-state index contributed by atoms with van der Waals surface area (Å²) < 4.78 is 13.4. The van der Waals surface area contributed by atoms with E-state index in [1.807, 2.05) is 6.92 Å². The predicted octanol–water partition coefficient (Wildman–Crippen LogP) is 2.20. The van der Waals surface area contributed by atoms with Gasteiger partial charge in [-0.25, -0.2) is 4.39 Å². The molecule has 0 radical (unpaired) electrons. The third-order valence-electron chi connectivity index (χ3n) is 2.41. The summed E-state index contributed by atoms with van der Waals surface area (Å²) in [6.45, 7) is 3.69. The van der Waals surface area contributed by atoms with Crippen molar-refractivity contribution in [3.63, 3.8) is 0 Å². The smallest absolute Gasteiger partial charge is 0.241 e. The van der Waals surface area contributed by atoms with E-state index in [0.717, 1.165) is 6.42 Å². The van der Waals surface area contributed by atoms with Crippen molar-refractivity contribution in [3.05, 3.63) is 29.6 Å². The van der Waals surface area contributed by atoms with Crippen molar-refractivity contribution in [2.75, 3.05) is 5.32 Å². The molecule has 0 aromatic heterocycles. The Balaban J connectivity index is 2.77. The van der Waals surface area contributed by atoms with Gasteiger partial charge < -0.3 is 11.1 Å². The first-order chi connectivity index (χ1) is 7.56. The average Bonchev–Trinajstić information content (AvgIpc) is 2.23. The van der Waals surface area contributed by atoms with E-state index in [0.29, 0.717) is 12.0 Å². The Labute approximate surface area is 94.8 Å². The van der Waals surface area contributed by atoms with Gasteiger partial charge in [0.15, 0.2) is 0 Å². The molecule has 1 aromatic rings. The molecule has 0 spiro atoms. The minimum atomic E-state index is -0.580. The zero-order valence-electron chi connectivity index (χ0n) is 9.59. The number of para-hydroxylation sites is 1. The Morgan fingerprint density at radius 2 is 2.25 bits per heavy atom. The third kappa shape index (κ3) is 3.03. The van der Waals surface area contributed by atoms with E-state index in [2.05, 4.69) is 5.32 Å². The number of nitrogens with one attached hydrogen (secondary N) is 1. The maximum Gasteiger partial charge on any atom is 0.241 e. The molecule has 3 N–H and O–H groups in total. The number of aryl methyl sites for hydroxylation is 1. The molecule has 4 heteroatoms. The second-order valence-electron chi connectivity index (χ2n) is 3.82. The Morgan fingerprint density at radius 3 is 2.81 bits per heavy atom. The summed E-state index contributed by atoms with van der Waals surface area (Å²) in [6.07, 6.45) is 1.42. The maximum absolute atomic E-state index is 13.4. The molecule has 1 amide bonds. The van der Waals surface area contributed by atoms with Gasteiger partial charge in [-0.15, -0.1) is 0 Å². The Hall–Kier alpha value is -1.42. The van der Waals surface area contributed by atoms with Crippen LogP contribution in [0.4, 0.5) is 10.1 Å². The van der Waals surface area contributed by atoms with Gasteiger partial charge in [0.05, 0.1) is 11.7 Å². The number of carbonyl (C=O) groups excluding carboxylic acids is 1. The molecule has 1 rings (SSSR count). The first-order valence-electron chi connectivity index (χ1n) is 5.37. The lowest BCUT2D eigenvalue weighted by Crippen LogP contribution is -2.35. The van der Waals surface area contributed by atoms with Crippen molar-refractivity contribution < 1.29 is 9.18 Å². The molecule has 1 aromatic carbocycles. The normalized spacial score (nSPS) is 12.2. The molecule has 0 aliphatic heterocycles. The van der Waals surface area contributed by atoms with Crippen LogP contribution in [0.3, 0.4) is 0 Å². The maximum atomic E-state index is 13.4. The van der Waals surface area contributed by atoms with Gasteiger partial charge in [0.1, 0.15) is 5.82 Å². The number of nitrogens with two attached hydrogens (primary N) is 1.